The average molecular weight is 387 g/mol. The zero-order chi connectivity index (χ0) is 19.8. The summed E-state index contributed by atoms with van der Waals surface area (Å²) in [5.74, 6) is 3.50. The zero-order valence-corrected chi connectivity index (χ0v) is 16.9. The number of hydrogen-bond donors (Lipinski definition) is 2. The number of nitrogens with zero attached hydrogens (tertiary/aromatic N) is 4. The van der Waals surface area contributed by atoms with E-state index in [0.717, 1.165) is 55.7 Å². The van der Waals surface area contributed by atoms with Gasteiger partial charge in [-0.3, -0.25) is 4.99 Å². The molecule has 0 fully saturated rings. The molecule has 1 aromatic heterocycles. The smallest absolute Gasteiger partial charge is 0.191 e. The first-order valence-electron chi connectivity index (χ1n) is 9.81. The van der Waals surface area contributed by atoms with Crippen molar-refractivity contribution in [2.45, 2.75) is 45.4 Å². The molecule has 1 unspecified atom stereocenters. The van der Waals surface area contributed by atoms with Crippen LogP contribution >= 0.6 is 0 Å². The minimum Gasteiger partial charge on any atom is -0.497 e. The Balaban J connectivity index is 1.56. The molecule has 0 spiro atoms. The van der Waals surface area contributed by atoms with E-state index < -0.39 is 0 Å². The molecule has 2 aromatic rings. The molecule has 0 saturated heterocycles. The van der Waals surface area contributed by atoms with Crippen molar-refractivity contribution in [2.24, 2.45) is 4.99 Å². The monoisotopic (exact) mass is 386 g/mol. The Morgan fingerprint density at radius 2 is 2.25 bits per heavy atom. The number of fused-ring (bicyclic) bond motifs is 1. The maximum atomic E-state index is 5.29. The molecule has 8 nitrogen and oxygen atoms in total. The van der Waals surface area contributed by atoms with Crippen molar-refractivity contribution in [1.82, 2.24) is 25.4 Å². The summed E-state index contributed by atoms with van der Waals surface area (Å²) in [7, 11) is 3.35. The van der Waals surface area contributed by atoms with Crippen molar-refractivity contribution < 1.29 is 9.47 Å². The molecule has 1 aromatic carbocycles. The lowest BCUT2D eigenvalue weighted by Crippen LogP contribution is -2.47. The van der Waals surface area contributed by atoms with Crippen LogP contribution in [0, 0.1) is 0 Å². The number of hydrogen-bond acceptors (Lipinski definition) is 5. The fraction of sp³-hybridized carbons (Fsp3) is 0.550. The molecule has 1 aliphatic heterocycles. The number of rotatable bonds is 8. The maximum absolute atomic E-state index is 5.29. The van der Waals surface area contributed by atoms with Gasteiger partial charge in [0.2, 0.25) is 0 Å². The second-order valence-corrected chi connectivity index (χ2v) is 6.80. The van der Waals surface area contributed by atoms with Crippen LogP contribution in [0.2, 0.25) is 0 Å². The Kier molecular flexibility index (Phi) is 7.25. The number of aryl methyl sites for hydroxylation is 1. The minimum atomic E-state index is 0.277. The van der Waals surface area contributed by atoms with E-state index in [1.807, 2.05) is 16.8 Å². The van der Waals surface area contributed by atoms with Crippen LogP contribution in [0.5, 0.6) is 5.75 Å². The summed E-state index contributed by atoms with van der Waals surface area (Å²) in [5, 5.41) is 11.4. The summed E-state index contributed by atoms with van der Waals surface area (Å²) in [6.07, 6.45) is 2.77. The standard InChI is InChI=1S/C20H30N6O2/c1-4-21-20(22-11-10-15-6-5-7-17(12-15)28-3)23-16-8-9-19-24-18(14-27-2)25-26(19)13-16/h5-7,12,16H,4,8-11,13-14H2,1-3H3,(H2,21,22,23). The van der Waals surface area contributed by atoms with Crippen molar-refractivity contribution in [3.63, 3.8) is 0 Å². The van der Waals surface area contributed by atoms with Gasteiger partial charge in [0.15, 0.2) is 11.8 Å². The highest BCUT2D eigenvalue weighted by Crippen LogP contribution is 2.14. The van der Waals surface area contributed by atoms with Crippen molar-refractivity contribution in [3.8, 4) is 5.75 Å². The largest absolute Gasteiger partial charge is 0.497 e. The molecule has 0 amide bonds. The summed E-state index contributed by atoms with van der Waals surface area (Å²) in [5.41, 5.74) is 1.22. The zero-order valence-electron chi connectivity index (χ0n) is 16.9. The summed E-state index contributed by atoms with van der Waals surface area (Å²) >= 11 is 0. The molecule has 1 atom stereocenters. The molecule has 0 saturated carbocycles. The lowest BCUT2D eigenvalue weighted by molar-refractivity contribution is 0.177. The molecule has 0 bridgehead atoms. The highest BCUT2D eigenvalue weighted by molar-refractivity contribution is 5.80. The van der Waals surface area contributed by atoms with Crippen LogP contribution in [0.1, 0.15) is 30.6 Å². The average Bonchev–Trinajstić information content (AvgIpc) is 3.10. The predicted octanol–water partition coefficient (Wildman–Crippen LogP) is 1.55. The first-order chi connectivity index (χ1) is 13.7. The van der Waals surface area contributed by atoms with Crippen LogP contribution in [0.4, 0.5) is 0 Å². The van der Waals surface area contributed by atoms with Gasteiger partial charge in [0.25, 0.3) is 0 Å². The van der Waals surface area contributed by atoms with Crippen LogP contribution in [-0.2, 0) is 30.7 Å². The van der Waals surface area contributed by atoms with E-state index in [1.165, 1.54) is 5.56 Å². The van der Waals surface area contributed by atoms with E-state index in [-0.39, 0.29) is 6.04 Å². The van der Waals surface area contributed by atoms with E-state index in [4.69, 9.17) is 14.5 Å². The van der Waals surface area contributed by atoms with Gasteiger partial charge in [-0.25, -0.2) is 9.67 Å². The molecule has 1 aliphatic rings. The SMILES string of the molecule is CCNC(=NCCc1cccc(OC)c1)NC1CCc2nc(COC)nn2C1. The highest BCUT2D eigenvalue weighted by atomic mass is 16.5. The molecule has 2 heterocycles. The molecule has 2 N–H and O–H groups in total. The molecule has 28 heavy (non-hydrogen) atoms. The third-order valence-electron chi connectivity index (χ3n) is 4.66. The van der Waals surface area contributed by atoms with Crippen LogP contribution in [0.3, 0.4) is 0 Å². The third-order valence-corrected chi connectivity index (χ3v) is 4.66. The summed E-state index contributed by atoms with van der Waals surface area (Å²) in [4.78, 5) is 9.27. The maximum Gasteiger partial charge on any atom is 0.191 e. The van der Waals surface area contributed by atoms with E-state index in [0.29, 0.717) is 13.2 Å². The van der Waals surface area contributed by atoms with Crippen molar-refractivity contribution in [2.75, 3.05) is 27.3 Å². The molecular formula is C20H30N6O2. The van der Waals surface area contributed by atoms with Crippen molar-refractivity contribution in [1.29, 1.82) is 0 Å². The second kappa shape index (κ2) is 10.1. The Morgan fingerprint density at radius 3 is 3.04 bits per heavy atom. The molecule has 152 valence electrons. The number of nitrogens with one attached hydrogen (secondary N) is 2. The van der Waals surface area contributed by atoms with E-state index in [1.54, 1.807) is 14.2 Å². The number of guanidine groups is 1. The Hall–Kier alpha value is -2.61. The molecule has 0 aliphatic carbocycles. The Morgan fingerprint density at radius 1 is 1.36 bits per heavy atom. The molecular weight excluding hydrogens is 356 g/mol. The Labute approximate surface area is 166 Å². The predicted molar refractivity (Wildman–Crippen MR) is 109 cm³/mol. The summed E-state index contributed by atoms with van der Waals surface area (Å²) < 4.78 is 12.4. The van der Waals surface area contributed by atoms with Gasteiger partial charge < -0.3 is 20.1 Å². The van der Waals surface area contributed by atoms with Crippen LogP contribution in [0.25, 0.3) is 0 Å². The number of aliphatic imine (C=N–C) groups is 1. The van der Waals surface area contributed by atoms with Gasteiger partial charge >= 0.3 is 0 Å². The van der Waals surface area contributed by atoms with E-state index >= 15 is 0 Å². The van der Waals surface area contributed by atoms with Crippen LogP contribution in [0.15, 0.2) is 29.3 Å². The van der Waals surface area contributed by atoms with Gasteiger partial charge in [-0.1, -0.05) is 12.1 Å². The van der Waals surface area contributed by atoms with Crippen molar-refractivity contribution in [3.05, 3.63) is 41.5 Å². The first-order valence-corrected chi connectivity index (χ1v) is 9.81. The lowest BCUT2D eigenvalue weighted by atomic mass is 10.1. The number of ether oxygens (including phenoxy) is 2. The topological polar surface area (TPSA) is 85.6 Å². The van der Waals surface area contributed by atoms with Gasteiger partial charge in [0, 0.05) is 32.7 Å². The normalized spacial score (nSPS) is 16.5. The van der Waals surface area contributed by atoms with E-state index in [2.05, 4.69) is 39.8 Å². The second-order valence-electron chi connectivity index (χ2n) is 6.80. The van der Waals surface area contributed by atoms with Crippen LogP contribution < -0.4 is 15.4 Å². The van der Waals surface area contributed by atoms with E-state index in [9.17, 15) is 0 Å². The van der Waals surface area contributed by atoms with Crippen molar-refractivity contribution >= 4 is 5.96 Å². The fourth-order valence-corrected chi connectivity index (χ4v) is 3.31. The van der Waals surface area contributed by atoms with Crippen LogP contribution in [-0.4, -0.2) is 54.1 Å². The molecule has 3 rings (SSSR count). The number of benzene rings is 1. The first kappa shape index (κ1) is 20.1. The van der Waals surface area contributed by atoms with Gasteiger partial charge in [-0.15, -0.1) is 0 Å². The van der Waals surface area contributed by atoms with Gasteiger partial charge in [-0.2, -0.15) is 5.10 Å². The molecule has 0 radical (unpaired) electrons. The fourth-order valence-electron chi connectivity index (χ4n) is 3.31. The lowest BCUT2D eigenvalue weighted by Gasteiger charge is -2.25. The number of aromatic nitrogens is 3. The van der Waals surface area contributed by atoms with Gasteiger partial charge in [0.05, 0.1) is 13.7 Å². The quantitative estimate of drug-likeness (QED) is 0.529. The number of methoxy groups -OCH3 is 2. The third kappa shape index (κ3) is 5.45. The summed E-state index contributed by atoms with van der Waals surface area (Å²) in [6, 6.07) is 8.40. The van der Waals surface area contributed by atoms with Gasteiger partial charge in [0.1, 0.15) is 18.2 Å². The minimum absolute atomic E-state index is 0.277. The Bertz CT molecular complexity index is 789. The summed E-state index contributed by atoms with van der Waals surface area (Å²) in [6.45, 7) is 4.84. The van der Waals surface area contributed by atoms with Gasteiger partial charge in [-0.05, 0) is 37.5 Å². The molecule has 8 heteroatoms. The highest BCUT2D eigenvalue weighted by Gasteiger charge is 2.22.